The smallest absolute Gasteiger partial charge is 0.119 e. The van der Waals surface area contributed by atoms with Gasteiger partial charge >= 0.3 is 0 Å². The van der Waals surface area contributed by atoms with Crippen molar-refractivity contribution >= 4 is 0 Å². The van der Waals surface area contributed by atoms with Crippen molar-refractivity contribution in [3.8, 4) is 17.6 Å². The molecule has 1 atom stereocenters. The lowest BCUT2D eigenvalue weighted by Crippen LogP contribution is -2.44. The Morgan fingerprint density at radius 2 is 1.86 bits per heavy atom. The highest BCUT2D eigenvalue weighted by atomic mass is 16.5. The third-order valence-electron chi connectivity index (χ3n) is 3.61. The van der Waals surface area contributed by atoms with Gasteiger partial charge in [-0.2, -0.15) is 5.26 Å². The number of rotatable bonds is 10. The number of ether oxygens (including phenoxy) is 2. The number of benzene rings is 1. The van der Waals surface area contributed by atoms with Crippen molar-refractivity contribution in [1.82, 2.24) is 5.32 Å². The maximum Gasteiger partial charge on any atom is 0.119 e. The monoisotopic (exact) mass is 290 g/mol. The summed E-state index contributed by atoms with van der Waals surface area (Å²) in [5, 5.41) is 12.8. The van der Waals surface area contributed by atoms with Crippen LogP contribution in [0.2, 0.25) is 0 Å². The van der Waals surface area contributed by atoms with Gasteiger partial charge in [0.2, 0.25) is 0 Å². The molecular formula is C17H26N2O2. The zero-order valence-electron chi connectivity index (χ0n) is 13.3. The molecule has 0 aliphatic heterocycles. The first kappa shape index (κ1) is 17.3. The molecule has 116 valence electrons. The van der Waals surface area contributed by atoms with Gasteiger partial charge in [-0.25, -0.2) is 0 Å². The van der Waals surface area contributed by atoms with Crippen molar-refractivity contribution in [2.24, 2.45) is 0 Å². The molecule has 0 aliphatic rings. The van der Waals surface area contributed by atoms with Crippen LogP contribution in [0, 0.1) is 11.3 Å². The highest BCUT2D eigenvalue weighted by Gasteiger charge is 2.26. The fourth-order valence-electron chi connectivity index (χ4n) is 2.16. The van der Waals surface area contributed by atoms with E-state index < -0.39 is 5.54 Å². The second kappa shape index (κ2) is 9.25. The largest absolute Gasteiger partial charge is 0.497 e. The fourth-order valence-corrected chi connectivity index (χ4v) is 2.16. The molecule has 0 fully saturated rings. The lowest BCUT2D eigenvalue weighted by atomic mass is 9.92. The van der Waals surface area contributed by atoms with Crippen LogP contribution in [-0.2, 0) is 0 Å². The fraction of sp³-hybridized carbons (Fsp3) is 0.588. The maximum atomic E-state index is 9.41. The third kappa shape index (κ3) is 5.65. The Balaban J connectivity index is 2.38. The average Bonchev–Trinajstić information content (AvgIpc) is 2.55. The van der Waals surface area contributed by atoms with Gasteiger partial charge in [-0.1, -0.05) is 13.8 Å². The molecule has 1 aromatic rings. The zero-order chi connectivity index (χ0) is 15.6. The molecule has 4 nitrogen and oxygen atoms in total. The average molecular weight is 290 g/mol. The predicted molar refractivity (Wildman–Crippen MR) is 84.7 cm³/mol. The van der Waals surface area contributed by atoms with Crippen molar-refractivity contribution in [2.75, 3.05) is 20.3 Å². The van der Waals surface area contributed by atoms with Crippen molar-refractivity contribution in [1.29, 1.82) is 5.26 Å². The van der Waals surface area contributed by atoms with Crippen LogP contribution in [0.5, 0.6) is 11.5 Å². The number of nitrogens with zero attached hydrogens (tertiary/aromatic N) is 1. The maximum absolute atomic E-state index is 9.41. The van der Waals surface area contributed by atoms with Gasteiger partial charge in [0.1, 0.15) is 17.0 Å². The first-order chi connectivity index (χ1) is 10.2. The molecule has 4 heteroatoms. The van der Waals surface area contributed by atoms with Gasteiger partial charge in [-0.3, -0.25) is 5.32 Å². The molecule has 1 unspecified atom stereocenters. The summed E-state index contributed by atoms with van der Waals surface area (Å²) >= 11 is 0. The van der Waals surface area contributed by atoms with E-state index in [9.17, 15) is 5.26 Å². The highest BCUT2D eigenvalue weighted by molar-refractivity contribution is 5.31. The molecule has 0 spiro atoms. The minimum Gasteiger partial charge on any atom is -0.497 e. The van der Waals surface area contributed by atoms with Gasteiger partial charge < -0.3 is 9.47 Å². The SMILES string of the molecule is CCCNC(C#N)(CC)CCCOc1ccc(OC)cc1. The highest BCUT2D eigenvalue weighted by Crippen LogP contribution is 2.19. The molecule has 0 saturated carbocycles. The minimum absolute atomic E-state index is 0.417. The molecule has 0 bridgehead atoms. The van der Waals surface area contributed by atoms with Crippen LogP contribution in [0.15, 0.2) is 24.3 Å². The van der Waals surface area contributed by atoms with Crippen molar-refractivity contribution in [3.05, 3.63) is 24.3 Å². The Hall–Kier alpha value is -1.73. The quantitative estimate of drug-likeness (QED) is 0.670. The van der Waals surface area contributed by atoms with E-state index in [1.807, 2.05) is 24.3 Å². The predicted octanol–water partition coefficient (Wildman–Crippen LogP) is 3.53. The number of nitrogens with one attached hydrogen (secondary N) is 1. The summed E-state index contributed by atoms with van der Waals surface area (Å²) in [6.45, 7) is 5.65. The van der Waals surface area contributed by atoms with Crippen molar-refractivity contribution in [2.45, 2.75) is 45.1 Å². The summed E-state index contributed by atoms with van der Waals surface area (Å²) in [5.74, 6) is 1.65. The Morgan fingerprint density at radius 3 is 2.38 bits per heavy atom. The number of methoxy groups -OCH3 is 1. The first-order valence-electron chi connectivity index (χ1n) is 7.63. The summed E-state index contributed by atoms with van der Waals surface area (Å²) in [5.41, 5.74) is -0.417. The van der Waals surface area contributed by atoms with Crippen molar-refractivity contribution in [3.63, 3.8) is 0 Å². The molecule has 0 radical (unpaired) electrons. The Morgan fingerprint density at radius 1 is 1.19 bits per heavy atom. The van der Waals surface area contributed by atoms with Gasteiger partial charge in [-0.15, -0.1) is 0 Å². The van der Waals surface area contributed by atoms with E-state index in [1.54, 1.807) is 7.11 Å². The molecule has 0 amide bonds. The van der Waals surface area contributed by atoms with Crippen LogP contribution in [0.1, 0.15) is 39.5 Å². The van der Waals surface area contributed by atoms with E-state index >= 15 is 0 Å². The lowest BCUT2D eigenvalue weighted by Gasteiger charge is -2.26. The second-order valence-corrected chi connectivity index (χ2v) is 5.10. The van der Waals surface area contributed by atoms with Gasteiger partial charge in [0, 0.05) is 0 Å². The normalized spacial score (nSPS) is 13.2. The molecule has 1 aromatic carbocycles. The molecule has 21 heavy (non-hydrogen) atoms. The van der Waals surface area contributed by atoms with Gasteiger partial charge in [-0.05, 0) is 56.5 Å². The van der Waals surface area contributed by atoms with Crippen LogP contribution >= 0.6 is 0 Å². The Kier molecular flexibility index (Phi) is 7.63. The third-order valence-corrected chi connectivity index (χ3v) is 3.61. The molecule has 0 heterocycles. The molecule has 0 saturated heterocycles. The lowest BCUT2D eigenvalue weighted by molar-refractivity contribution is 0.276. The molecule has 1 N–H and O–H groups in total. The van der Waals surface area contributed by atoms with Crippen LogP contribution < -0.4 is 14.8 Å². The number of hydrogen-bond acceptors (Lipinski definition) is 4. The van der Waals surface area contributed by atoms with E-state index in [1.165, 1.54) is 0 Å². The Labute approximate surface area is 128 Å². The molecule has 0 aliphatic carbocycles. The van der Waals surface area contributed by atoms with E-state index in [-0.39, 0.29) is 0 Å². The minimum atomic E-state index is -0.417. The second-order valence-electron chi connectivity index (χ2n) is 5.10. The first-order valence-corrected chi connectivity index (χ1v) is 7.63. The summed E-state index contributed by atoms with van der Waals surface area (Å²) < 4.78 is 10.8. The van der Waals surface area contributed by atoms with Crippen LogP contribution in [0.25, 0.3) is 0 Å². The van der Waals surface area contributed by atoms with E-state index in [2.05, 4.69) is 25.2 Å². The molecular weight excluding hydrogens is 264 g/mol. The summed E-state index contributed by atoms with van der Waals surface area (Å²) in [6, 6.07) is 9.98. The van der Waals surface area contributed by atoms with E-state index in [4.69, 9.17) is 9.47 Å². The standard InChI is InChI=1S/C17H26N2O2/c1-4-12-19-17(5-2,14-18)11-6-13-21-16-9-7-15(20-3)8-10-16/h7-10,19H,4-6,11-13H2,1-3H3. The van der Waals surface area contributed by atoms with E-state index in [0.29, 0.717) is 6.61 Å². The van der Waals surface area contributed by atoms with E-state index in [0.717, 1.165) is 43.7 Å². The van der Waals surface area contributed by atoms with Crippen LogP contribution in [-0.4, -0.2) is 25.8 Å². The molecule has 0 aromatic heterocycles. The van der Waals surface area contributed by atoms with Crippen LogP contribution in [0.3, 0.4) is 0 Å². The number of nitriles is 1. The number of hydrogen-bond donors (Lipinski definition) is 1. The van der Waals surface area contributed by atoms with Crippen LogP contribution in [0.4, 0.5) is 0 Å². The molecule has 1 rings (SSSR count). The van der Waals surface area contributed by atoms with Crippen molar-refractivity contribution < 1.29 is 9.47 Å². The van der Waals surface area contributed by atoms with Gasteiger partial charge in [0.25, 0.3) is 0 Å². The Bertz CT molecular complexity index is 439. The summed E-state index contributed by atoms with van der Waals surface area (Å²) in [6.07, 6.45) is 3.50. The topological polar surface area (TPSA) is 54.3 Å². The van der Waals surface area contributed by atoms with Gasteiger partial charge in [0.15, 0.2) is 0 Å². The van der Waals surface area contributed by atoms with Gasteiger partial charge in [0.05, 0.1) is 19.8 Å². The summed E-state index contributed by atoms with van der Waals surface area (Å²) in [7, 11) is 1.64. The zero-order valence-corrected chi connectivity index (χ0v) is 13.3. The summed E-state index contributed by atoms with van der Waals surface area (Å²) in [4.78, 5) is 0.